The minimum absolute atomic E-state index is 0.166. The van der Waals surface area contributed by atoms with Gasteiger partial charge in [-0.25, -0.2) is 4.39 Å². The molecule has 4 nitrogen and oxygen atoms in total. The van der Waals surface area contributed by atoms with Gasteiger partial charge < -0.3 is 15.6 Å². The highest BCUT2D eigenvalue weighted by Crippen LogP contribution is 2.17. The fraction of sp³-hybridized carbons (Fsp3) is 0.417. The van der Waals surface area contributed by atoms with E-state index in [0.717, 1.165) is 0 Å². The standard InChI is InChI=1S/C12H16FNO3/c1-8(7-12(2,14)11(15)16)17-10-5-3-9(13)4-6-10/h3-6,8H,7,14H2,1-2H3,(H,15,16). The van der Waals surface area contributed by atoms with E-state index in [9.17, 15) is 9.18 Å². The van der Waals surface area contributed by atoms with Gasteiger partial charge in [-0.15, -0.1) is 0 Å². The van der Waals surface area contributed by atoms with Gasteiger partial charge in [0.15, 0.2) is 0 Å². The summed E-state index contributed by atoms with van der Waals surface area (Å²) in [6, 6.07) is 5.53. The first-order chi connectivity index (χ1) is 7.81. The molecule has 3 N–H and O–H groups in total. The second-order valence-electron chi connectivity index (χ2n) is 4.31. The minimum atomic E-state index is -1.33. The van der Waals surface area contributed by atoms with Gasteiger partial charge in [0.25, 0.3) is 0 Å². The normalized spacial score (nSPS) is 16.0. The third-order valence-electron chi connectivity index (χ3n) is 2.35. The first kappa shape index (κ1) is 13.4. The largest absolute Gasteiger partial charge is 0.491 e. The SMILES string of the molecule is CC(CC(C)(N)C(=O)O)Oc1ccc(F)cc1. The maximum Gasteiger partial charge on any atom is 0.323 e. The first-order valence-electron chi connectivity index (χ1n) is 5.26. The summed E-state index contributed by atoms with van der Waals surface area (Å²) in [7, 11) is 0. The molecule has 2 atom stereocenters. The number of benzene rings is 1. The highest BCUT2D eigenvalue weighted by atomic mass is 19.1. The number of hydrogen-bond donors (Lipinski definition) is 2. The topological polar surface area (TPSA) is 72.6 Å². The molecule has 1 aromatic carbocycles. The Labute approximate surface area is 99.2 Å². The molecule has 0 aliphatic heterocycles. The second-order valence-corrected chi connectivity index (χ2v) is 4.31. The Kier molecular flexibility index (Phi) is 4.07. The van der Waals surface area contributed by atoms with E-state index < -0.39 is 11.5 Å². The van der Waals surface area contributed by atoms with Crippen molar-refractivity contribution in [3.8, 4) is 5.75 Å². The lowest BCUT2D eigenvalue weighted by Gasteiger charge is -2.24. The Balaban J connectivity index is 2.58. The van der Waals surface area contributed by atoms with E-state index in [1.54, 1.807) is 6.92 Å². The van der Waals surface area contributed by atoms with Crippen LogP contribution in [0.1, 0.15) is 20.3 Å². The van der Waals surface area contributed by atoms with Crippen LogP contribution in [0, 0.1) is 5.82 Å². The molecule has 0 aliphatic rings. The molecule has 0 heterocycles. The highest BCUT2D eigenvalue weighted by Gasteiger charge is 2.30. The molecule has 1 aromatic rings. The van der Waals surface area contributed by atoms with Gasteiger partial charge in [-0.2, -0.15) is 0 Å². The fourth-order valence-corrected chi connectivity index (χ4v) is 1.47. The van der Waals surface area contributed by atoms with Gasteiger partial charge in [-0.3, -0.25) is 4.79 Å². The molecule has 0 aromatic heterocycles. The lowest BCUT2D eigenvalue weighted by Crippen LogP contribution is -2.47. The van der Waals surface area contributed by atoms with Crippen LogP contribution >= 0.6 is 0 Å². The van der Waals surface area contributed by atoms with Crippen molar-refractivity contribution in [1.29, 1.82) is 0 Å². The van der Waals surface area contributed by atoms with Crippen LogP contribution in [0.4, 0.5) is 4.39 Å². The highest BCUT2D eigenvalue weighted by molar-refractivity contribution is 5.77. The summed E-state index contributed by atoms with van der Waals surface area (Å²) < 4.78 is 18.1. The molecule has 0 saturated heterocycles. The van der Waals surface area contributed by atoms with E-state index >= 15 is 0 Å². The fourth-order valence-electron chi connectivity index (χ4n) is 1.47. The van der Waals surface area contributed by atoms with Gasteiger partial charge in [0.1, 0.15) is 17.1 Å². The summed E-state index contributed by atoms with van der Waals surface area (Å²) in [6.07, 6.45) is -0.203. The van der Waals surface area contributed by atoms with Gasteiger partial charge in [0, 0.05) is 6.42 Å². The zero-order valence-electron chi connectivity index (χ0n) is 9.81. The predicted octanol–water partition coefficient (Wildman–Crippen LogP) is 1.79. The molecule has 0 radical (unpaired) electrons. The summed E-state index contributed by atoms with van der Waals surface area (Å²) in [5, 5.41) is 8.86. The van der Waals surface area contributed by atoms with Crippen molar-refractivity contribution in [2.45, 2.75) is 31.9 Å². The van der Waals surface area contributed by atoms with Gasteiger partial charge in [-0.05, 0) is 38.1 Å². The zero-order chi connectivity index (χ0) is 13.1. The molecule has 0 bridgehead atoms. The molecule has 0 amide bonds. The van der Waals surface area contributed by atoms with Gasteiger partial charge in [0.05, 0.1) is 6.10 Å². The van der Waals surface area contributed by atoms with Crippen LogP contribution in [-0.4, -0.2) is 22.7 Å². The van der Waals surface area contributed by atoms with E-state index in [2.05, 4.69) is 0 Å². The van der Waals surface area contributed by atoms with Crippen molar-refractivity contribution < 1.29 is 19.0 Å². The number of nitrogens with two attached hydrogens (primary N) is 1. The third kappa shape index (κ3) is 4.03. The molecule has 1 rings (SSSR count). The zero-order valence-corrected chi connectivity index (χ0v) is 9.81. The average Bonchev–Trinajstić information content (AvgIpc) is 2.20. The molecule has 0 aliphatic carbocycles. The second kappa shape index (κ2) is 5.14. The van der Waals surface area contributed by atoms with Crippen molar-refractivity contribution in [1.82, 2.24) is 0 Å². The number of halogens is 1. The van der Waals surface area contributed by atoms with Crippen LogP contribution in [0.15, 0.2) is 24.3 Å². The van der Waals surface area contributed by atoms with E-state index in [-0.39, 0.29) is 18.3 Å². The van der Waals surface area contributed by atoms with Crippen LogP contribution < -0.4 is 10.5 Å². The van der Waals surface area contributed by atoms with Gasteiger partial charge >= 0.3 is 5.97 Å². The predicted molar refractivity (Wildman–Crippen MR) is 61.3 cm³/mol. The smallest absolute Gasteiger partial charge is 0.323 e. The van der Waals surface area contributed by atoms with E-state index in [4.69, 9.17) is 15.6 Å². The van der Waals surface area contributed by atoms with E-state index in [0.29, 0.717) is 5.75 Å². The molecule has 0 fully saturated rings. The molecular weight excluding hydrogens is 225 g/mol. The third-order valence-corrected chi connectivity index (χ3v) is 2.35. The van der Waals surface area contributed by atoms with Crippen molar-refractivity contribution >= 4 is 5.97 Å². The number of carboxylic acid groups (broad SMARTS) is 1. The Hall–Kier alpha value is -1.62. The molecular formula is C12H16FNO3. The summed E-state index contributed by atoms with van der Waals surface area (Å²) in [6.45, 7) is 3.15. The molecule has 94 valence electrons. The Morgan fingerprint density at radius 1 is 1.53 bits per heavy atom. The van der Waals surface area contributed by atoms with Crippen molar-refractivity contribution in [2.75, 3.05) is 0 Å². The van der Waals surface area contributed by atoms with Crippen LogP contribution in [0.25, 0.3) is 0 Å². The minimum Gasteiger partial charge on any atom is -0.491 e. The average molecular weight is 241 g/mol. The van der Waals surface area contributed by atoms with Gasteiger partial charge in [0.2, 0.25) is 0 Å². The van der Waals surface area contributed by atoms with E-state index in [1.165, 1.54) is 31.2 Å². The van der Waals surface area contributed by atoms with Crippen LogP contribution in [0.5, 0.6) is 5.75 Å². The molecule has 5 heteroatoms. The number of ether oxygens (including phenoxy) is 1. The van der Waals surface area contributed by atoms with Crippen LogP contribution in [-0.2, 0) is 4.79 Å². The number of hydrogen-bond acceptors (Lipinski definition) is 3. The molecule has 17 heavy (non-hydrogen) atoms. The van der Waals surface area contributed by atoms with Crippen LogP contribution in [0.3, 0.4) is 0 Å². The summed E-state index contributed by atoms with van der Waals surface area (Å²) in [5.74, 6) is -0.939. The van der Waals surface area contributed by atoms with Gasteiger partial charge in [-0.1, -0.05) is 0 Å². The quantitative estimate of drug-likeness (QED) is 0.824. The molecule has 0 spiro atoms. The summed E-state index contributed by atoms with van der Waals surface area (Å²) in [4.78, 5) is 10.8. The number of carbonyl (C=O) groups is 1. The maximum atomic E-state index is 12.6. The Bertz CT molecular complexity index is 389. The first-order valence-corrected chi connectivity index (χ1v) is 5.26. The summed E-state index contributed by atoms with van der Waals surface area (Å²) >= 11 is 0. The van der Waals surface area contributed by atoms with E-state index in [1.807, 2.05) is 0 Å². The number of aliphatic carboxylic acids is 1. The van der Waals surface area contributed by atoms with Crippen molar-refractivity contribution in [3.05, 3.63) is 30.1 Å². The van der Waals surface area contributed by atoms with Crippen molar-refractivity contribution in [2.24, 2.45) is 5.73 Å². The summed E-state index contributed by atoms with van der Waals surface area (Å²) in [5.41, 5.74) is 4.26. The lowest BCUT2D eigenvalue weighted by atomic mass is 9.96. The Morgan fingerprint density at radius 3 is 2.53 bits per heavy atom. The lowest BCUT2D eigenvalue weighted by molar-refractivity contribution is -0.143. The molecule has 2 unspecified atom stereocenters. The monoisotopic (exact) mass is 241 g/mol. The Morgan fingerprint density at radius 2 is 2.06 bits per heavy atom. The number of carboxylic acids is 1. The van der Waals surface area contributed by atoms with Crippen LogP contribution in [0.2, 0.25) is 0 Å². The number of rotatable bonds is 5. The maximum absolute atomic E-state index is 12.6. The van der Waals surface area contributed by atoms with Crippen molar-refractivity contribution in [3.63, 3.8) is 0 Å². The molecule has 0 saturated carbocycles.